The van der Waals surface area contributed by atoms with E-state index in [1.807, 2.05) is 11.4 Å². The third-order valence-corrected chi connectivity index (χ3v) is 6.24. The van der Waals surface area contributed by atoms with Crippen LogP contribution >= 0.6 is 11.3 Å². The minimum atomic E-state index is -3.63. The Balaban J connectivity index is 1.95. The van der Waals surface area contributed by atoms with Gasteiger partial charge in [-0.25, -0.2) is 12.8 Å². The molecule has 3 rings (SSSR count). The predicted molar refractivity (Wildman–Crippen MR) is 76.4 cm³/mol. The molecule has 1 aliphatic heterocycles. The van der Waals surface area contributed by atoms with Gasteiger partial charge < -0.3 is 5.73 Å². The van der Waals surface area contributed by atoms with Crippen LogP contribution in [0.4, 0.5) is 10.1 Å². The number of hydrogen-bond donors (Lipinski definition) is 1. The number of benzene rings is 1. The van der Waals surface area contributed by atoms with E-state index in [2.05, 4.69) is 0 Å². The van der Waals surface area contributed by atoms with E-state index in [1.165, 1.54) is 21.3 Å². The summed E-state index contributed by atoms with van der Waals surface area (Å²) < 4.78 is 39.6. The summed E-state index contributed by atoms with van der Waals surface area (Å²) in [5, 5.41) is 1.97. The lowest BCUT2D eigenvalue weighted by molar-refractivity contribution is 0.394. The molecule has 1 aromatic carbocycles. The van der Waals surface area contributed by atoms with Crippen LogP contribution in [0.15, 0.2) is 34.5 Å². The second kappa shape index (κ2) is 4.83. The lowest BCUT2D eigenvalue weighted by Crippen LogP contribution is -2.35. The molecular weight excluding hydrogens is 299 g/mol. The van der Waals surface area contributed by atoms with Crippen LogP contribution in [0.2, 0.25) is 0 Å². The Morgan fingerprint density at radius 3 is 2.85 bits per heavy atom. The Bertz CT molecular complexity index is 755. The first kappa shape index (κ1) is 13.5. The molecule has 4 nitrogen and oxygen atoms in total. The van der Waals surface area contributed by atoms with Gasteiger partial charge in [-0.1, -0.05) is 0 Å². The molecule has 0 saturated carbocycles. The maximum atomic E-state index is 13.2. The van der Waals surface area contributed by atoms with Gasteiger partial charge in [0.15, 0.2) is 0 Å². The van der Waals surface area contributed by atoms with Crippen LogP contribution in [-0.2, 0) is 23.0 Å². The van der Waals surface area contributed by atoms with Crippen molar-refractivity contribution in [2.24, 2.45) is 0 Å². The second-order valence-corrected chi connectivity index (χ2v) is 7.58. The third kappa shape index (κ3) is 2.21. The molecule has 106 valence electrons. The van der Waals surface area contributed by atoms with Gasteiger partial charge in [0.2, 0.25) is 10.0 Å². The molecule has 2 aromatic rings. The molecule has 1 aliphatic rings. The molecule has 0 amide bonds. The number of rotatable bonds is 2. The second-order valence-electron chi connectivity index (χ2n) is 4.64. The molecule has 0 aliphatic carbocycles. The fourth-order valence-electron chi connectivity index (χ4n) is 2.26. The molecule has 0 atom stereocenters. The average molecular weight is 312 g/mol. The van der Waals surface area contributed by atoms with E-state index in [0.29, 0.717) is 19.5 Å². The van der Waals surface area contributed by atoms with Crippen LogP contribution in [0, 0.1) is 5.82 Å². The zero-order valence-corrected chi connectivity index (χ0v) is 12.2. The molecule has 0 fully saturated rings. The van der Waals surface area contributed by atoms with Crippen molar-refractivity contribution in [2.45, 2.75) is 17.9 Å². The highest BCUT2D eigenvalue weighted by atomic mass is 32.2. The van der Waals surface area contributed by atoms with Crippen molar-refractivity contribution < 1.29 is 12.8 Å². The highest BCUT2D eigenvalue weighted by molar-refractivity contribution is 7.89. The number of thiophene rings is 1. The van der Waals surface area contributed by atoms with E-state index in [9.17, 15) is 12.8 Å². The lowest BCUT2D eigenvalue weighted by Gasteiger charge is -2.26. The normalized spacial score (nSPS) is 16.1. The summed E-state index contributed by atoms with van der Waals surface area (Å²) in [5.74, 6) is -0.609. The van der Waals surface area contributed by atoms with Crippen LogP contribution in [0.3, 0.4) is 0 Å². The number of nitrogens with two attached hydrogens (primary N) is 1. The van der Waals surface area contributed by atoms with E-state index in [4.69, 9.17) is 5.73 Å². The highest BCUT2D eigenvalue weighted by Gasteiger charge is 2.29. The van der Waals surface area contributed by atoms with Crippen molar-refractivity contribution in [1.82, 2.24) is 4.31 Å². The molecule has 0 unspecified atom stereocenters. The summed E-state index contributed by atoms with van der Waals surface area (Å²) in [4.78, 5) is 1.27. The van der Waals surface area contributed by atoms with E-state index in [-0.39, 0.29) is 10.6 Å². The Morgan fingerprint density at radius 1 is 1.30 bits per heavy atom. The summed E-state index contributed by atoms with van der Waals surface area (Å²) >= 11 is 1.65. The van der Waals surface area contributed by atoms with Gasteiger partial charge in [0, 0.05) is 18.0 Å². The topological polar surface area (TPSA) is 63.4 Å². The van der Waals surface area contributed by atoms with Crippen LogP contribution in [-0.4, -0.2) is 19.3 Å². The van der Waals surface area contributed by atoms with Gasteiger partial charge >= 0.3 is 0 Å². The standard InChI is InChI=1S/C13H13FN2O2S2/c14-11-2-1-10(7-12(11)15)20(17,18)16-5-3-13-9(8-16)4-6-19-13/h1-2,4,6-7H,3,5,8,15H2. The minimum absolute atomic E-state index is 0.0371. The fourth-order valence-corrected chi connectivity index (χ4v) is 4.60. The maximum Gasteiger partial charge on any atom is 0.243 e. The Labute approximate surface area is 120 Å². The predicted octanol–water partition coefficient (Wildman–Crippen LogP) is 2.22. The molecule has 0 bridgehead atoms. The first-order valence-corrected chi connectivity index (χ1v) is 8.41. The number of nitrogen functional groups attached to an aromatic ring is 1. The smallest absolute Gasteiger partial charge is 0.243 e. The number of nitrogens with zero attached hydrogens (tertiary/aromatic N) is 1. The van der Waals surface area contributed by atoms with E-state index in [1.54, 1.807) is 11.3 Å². The van der Waals surface area contributed by atoms with Gasteiger partial charge in [0.05, 0.1) is 10.6 Å². The molecule has 0 spiro atoms. The summed E-state index contributed by atoms with van der Waals surface area (Å²) in [6, 6.07) is 5.46. The van der Waals surface area contributed by atoms with Crippen molar-refractivity contribution in [3.05, 3.63) is 45.9 Å². The number of halogens is 1. The SMILES string of the molecule is Nc1cc(S(=O)(=O)N2CCc3sccc3C2)ccc1F. The van der Waals surface area contributed by atoms with Gasteiger partial charge in [0.1, 0.15) is 5.82 Å². The van der Waals surface area contributed by atoms with Crippen molar-refractivity contribution in [1.29, 1.82) is 0 Å². The zero-order valence-electron chi connectivity index (χ0n) is 10.5. The molecule has 2 heterocycles. The van der Waals surface area contributed by atoms with Gasteiger partial charge in [-0.05, 0) is 41.6 Å². The van der Waals surface area contributed by atoms with E-state index >= 15 is 0 Å². The van der Waals surface area contributed by atoms with Crippen LogP contribution in [0.1, 0.15) is 10.4 Å². The van der Waals surface area contributed by atoms with Crippen LogP contribution in [0.5, 0.6) is 0 Å². The van der Waals surface area contributed by atoms with Crippen molar-refractivity contribution in [3.8, 4) is 0 Å². The van der Waals surface area contributed by atoms with Crippen molar-refractivity contribution >= 4 is 27.0 Å². The number of sulfonamides is 1. The Hall–Kier alpha value is -1.44. The zero-order chi connectivity index (χ0) is 14.3. The highest BCUT2D eigenvalue weighted by Crippen LogP contribution is 2.28. The Kier molecular flexibility index (Phi) is 3.27. The molecule has 20 heavy (non-hydrogen) atoms. The summed E-state index contributed by atoms with van der Waals surface area (Å²) in [7, 11) is -3.63. The number of hydrogen-bond acceptors (Lipinski definition) is 4. The van der Waals surface area contributed by atoms with Crippen molar-refractivity contribution in [3.63, 3.8) is 0 Å². The average Bonchev–Trinajstić information content (AvgIpc) is 2.89. The summed E-state index contributed by atoms with van der Waals surface area (Å²) in [5.41, 5.74) is 6.34. The van der Waals surface area contributed by atoms with E-state index in [0.717, 1.165) is 11.6 Å². The maximum absolute atomic E-state index is 13.2. The minimum Gasteiger partial charge on any atom is -0.396 e. The molecular formula is C13H13FN2O2S2. The molecule has 2 N–H and O–H groups in total. The van der Waals surface area contributed by atoms with Gasteiger partial charge in [-0.3, -0.25) is 0 Å². The van der Waals surface area contributed by atoms with E-state index < -0.39 is 15.8 Å². The first-order chi connectivity index (χ1) is 9.48. The van der Waals surface area contributed by atoms with Crippen LogP contribution in [0.25, 0.3) is 0 Å². The monoisotopic (exact) mass is 312 g/mol. The van der Waals surface area contributed by atoms with Crippen LogP contribution < -0.4 is 5.73 Å². The summed E-state index contributed by atoms with van der Waals surface area (Å²) in [6.07, 6.45) is 0.711. The number of fused-ring (bicyclic) bond motifs is 1. The third-order valence-electron chi connectivity index (χ3n) is 3.38. The molecule has 1 aromatic heterocycles. The largest absolute Gasteiger partial charge is 0.396 e. The van der Waals surface area contributed by atoms with Gasteiger partial charge in [-0.2, -0.15) is 4.31 Å². The molecule has 7 heteroatoms. The molecule has 0 radical (unpaired) electrons. The fraction of sp³-hybridized carbons (Fsp3) is 0.231. The Morgan fingerprint density at radius 2 is 2.10 bits per heavy atom. The quantitative estimate of drug-likeness (QED) is 0.865. The van der Waals surface area contributed by atoms with Crippen molar-refractivity contribution in [2.75, 3.05) is 12.3 Å². The molecule has 0 saturated heterocycles. The summed E-state index contributed by atoms with van der Waals surface area (Å²) in [6.45, 7) is 0.797. The van der Waals surface area contributed by atoms with Gasteiger partial charge in [0.25, 0.3) is 0 Å². The first-order valence-electron chi connectivity index (χ1n) is 6.09. The number of anilines is 1. The van der Waals surface area contributed by atoms with Gasteiger partial charge in [-0.15, -0.1) is 11.3 Å². The lowest BCUT2D eigenvalue weighted by atomic mass is 10.1.